The van der Waals surface area contributed by atoms with Crippen LogP contribution in [0.3, 0.4) is 0 Å². The number of hydrogen-bond donors (Lipinski definition) is 3. The van der Waals surface area contributed by atoms with Gasteiger partial charge in [-0.2, -0.15) is 0 Å². The van der Waals surface area contributed by atoms with Crippen molar-refractivity contribution in [3.8, 4) is 5.75 Å². The summed E-state index contributed by atoms with van der Waals surface area (Å²) in [5.41, 5.74) is 4.53. The number of phenols is 1. The number of hydrogen-bond acceptors (Lipinski definition) is 5. The first kappa shape index (κ1) is 21.6. The van der Waals surface area contributed by atoms with Gasteiger partial charge in [-0.1, -0.05) is 23.7 Å². The second-order valence-corrected chi connectivity index (χ2v) is 8.27. The molecule has 1 saturated heterocycles. The van der Waals surface area contributed by atoms with Crippen molar-refractivity contribution in [1.82, 2.24) is 15.8 Å². The van der Waals surface area contributed by atoms with E-state index in [-0.39, 0.29) is 41.1 Å². The van der Waals surface area contributed by atoms with Gasteiger partial charge in [0.25, 0.3) is 11.8 Å². The second kappa shape index (κ2) is 8.16. The van der Waals surface area contributed by atoms with Crippen LogP contribution >= 0.6 is 11.6 Å². The molecule has 1 unspecified atom stereocenters. The highest BCUT2D eigenvalue weighted by Gasteiger charge is 2.52. The molecule has 0 aromatic heterocycles. The Morgan fingerprint density at radius 1 is 1.16 bits per heavy atom. The van der Waals surface area contributed by atoms with Gasteiger partial charge in [0.2, 0.25) is 11.8 Å². The van der Waals surface area contributed by atoms with E-state index in [0.717, 1.165) is 0 Å². The molecule has 0 spiro atoms. The Morgan fingerprint density at radius 3 is 2.69 bits per heavy atom. The number of hydrazine groups is 1. The third-order valence-electron chi connectivity index (χ3n) is 5.83. The first-order valence-corrected chi connectivity index (χ1v) is 10.4. The normalized spacial score (nSPS) is 19.4. The fourth-order valence-electron chi connectivity index (χ4n) is 4.20. The maximum atomic E-state index is 13.2. The summed E-state index contributed by atoms with van der Waals surface area (Å²) in [7, 11) is 0. The molecule has 166 valence electrons. The molecule has 4 rings (SSSR count). The van der Waals surface area contributed by atoms with Gasteiger partial charge in [-0.05, 0) is 43.7 Å². The SMILES string of the molecule is CC12CCC(=O)N1c1ccccc1C(=O)N2CCC(=O)NNC(=O)c1cc(Cl)ccc1O. The number of aromatic hydroxyl groups is 1. The van der Waals surface area contributed by atoms with Gasteiger partial charge in [0.1, 0.15) is 11.4 Å². The summed E-state index contributed by atoms with van der Waals surface area (Å²) in [4.78, 5) is 53.4. The molecule has 2 aromatic carbocycles. The number of carbonyl (C=O) groups is 4. The van der Waals surface area contributed by atoms with Crippen LogP contribution in [0.2, 0.25) is 5.02 Å². The predicted molar refractivity (Wildman–Crippen MR) is 116 cm³/mol. The monoisotopic (exact) mass is 456 g/mol. The van der Waals surface area contributed by atoms with Crippen LogP contribution in [-0.2, 0) is 9.59 Å². The summed E-state index contributed by atoms with van der Waals surface area (Å²) < 4.78 is 0. The van der Waals surface area contributed by atoms with Crippen LogP contribution in [0.25, 0.3) is 0 Å². The molecule has 2 aliphatic rings. The molecule has 10 heteroatoms. The predicted octanol–water partition coefficient (Wildman–Crippen LogP) is 2.20. The van der Waals surface area contributed by atoms with Gasteiger partial charge >= 0.3 is 0 Å². The Bertz CT molecular complexity index is 1140. The average molecular weight is 457 g/mol. The molecule has 0 saturated carbocycles. The molecule has 2 aliphatic heterocycles. The van der Waals surface area contributed by atoms with Crippen LogP contribution < -0.4 is 15.8 Å². The third-order valence-corrected chi connectivity index (χ3v) is 6.06. The van der Waals surface area contributed by atoms with Crippen molar-refractivity contribution in [2.45, 2.75) is 31.8 Å². The number of fused-ring (bicyclic) bond motifs is 3. The molecule has 1 atom stereocenters. The van der Waals surface area contributed by atoms with Gasteiger partial charge < -0.3 is 10.0 Å². The van der Waals surface area contributed by atoms with Gasteiger partial charge in [-0.3, -0.25) is 34.9 Å². The smallest absolute Gasteiger partial charge is 0.273 e. The minimum absolute atomic E-state index is 0.0531. The number of anilines is 1. The molecule has 32 heavy (non-hydrogen) atoms. The van der Waals surface area contributed by atoms with Gasteiger partial charge in [0, 0.05) is 24.4 Å². The van der Waals surface area contributed by atoms with E-state index in [2.05, 4.69) is 10.9 Å². The third kappa shape index (κ3) is 3.64. The van der Waals surface area contributed by atoms with E-state index in [1.807, 2.05) is 6.92 Å². The molecule has 0 aliphatic carbocycles. The Kier molecular flexibility index (Phi) is 5.52. The number of phenolic OH excluding ortho intramolecular Hbond substituents is 1. The first-order valence-electron chi connectivity index (χ1n) is 10.0. The lowest BCUT2D eigenvalue weighted by molar-refractivity contribution is -0.122. The van der Waals surface area contributed by atoms with Crippen LogP contribution in [0.5, 0.6) is 5.75 Å². The van der Waals surface area contributed by atoms with Gasteiger partial charge in [0.05, 0.1) is 16.8 Å². The molecule has 4 amide bonds. The number of nitrogens with one attached hydrogen (secondary N) is 2. The summed E-state index contributed by atoms with van der Waals surface area (Å²) in [6.45, 7) is 1.87. The molecule has 0 bridgehead atoms. The molecule has 9 nitrogen and oxygen atoms in total. The maximum Gasteiger partial charge on any atom is 0.273 e. The highest BCUT2D eigenvalue weighted by Crippen LogP contribution is 2.43. The number of rotatable bonds is 4. The number of nitrogens with zero attached hydrogens (tertiary/aromatic N) is 2. The Labute approximate surface area is 188 Å². The topological polar surface area (TPSA) is 119 Å². The quantitative estimate of drug-likeness (QED) is 0.609. The zero-order valence-corrected chi connectivity index (χ0v) is 18.0. The fourth-order valence-corrected chi connectivity index (χ4v) is 4.37. The molecule has 1 fully saturated rings. The van der Waals surface area contributed by atoms with Crippen molar-refractivity contribution >= 4 is 40.9 Å². The van der Waals surface area contributed by atoms with Crippen molar-refractivity contribution in [2.75, 3.05) is 11.4 Å². The van der Waals surface area contributed by atoms with E-state index in [9.17, 15) is 24.3 Å². The molecular formula is C22H21ClN4O5. The molecule has 0 radical (unpaired) electrons. The zero-order chi connectivity index (χ0) is 23.0. The first-order chi connectivity index (χ1) is 15.2. The van der Waals surface area contributed by atoms with Crippen LogP contribution in [-0.4, -0.2) is 45.8 Å². The van der Waals surface area contributed by atoms with Gasteiger partial charge in [0.15, 0.2) is 0 Å². The van der Waals surface area contributed by atoms with Gasteiger partial charge in [-0.15, -0.1) is 0 Å². The zero-order valence-electron chi connectivity index (χ0n) is 17.2. The maximum absolute atomic E-state index is 13.2. The highest BCUT2D eigenvalue weighted by atomic mass is 35.5. The van der Waals surface area contributed by atoms with Crippen molar-refractivity contribution in [3.05, 3.63) is 58.6 Å². The Balaban J connectivity index is 1.43. The number of halogens is 1. The van der Waals surface area contributed by atoms with Crippen LogP contribution in [0.4, 0.5) is 5.69 Å². The lowest BCUT2D eigenvalue weighted by Crippen LogP contribution is -2.62. The molecular weight excluding hydrogens is 436 g/mol. The summed E-state index contributed by atoms with van der Waals surface area (Å²) in [6.07, 6.45) is 0.658. The van der Waals surface area contributed by atoms with Crippen molar-refractivity contribution in [3.63, 3.8) is 0 Å². The number of benzene rings is 2. The lowest BCUT2D eigenvalue weighted by atomic mass is 9.98. The van der Waals surface area contributed by atoms with E-state index in [1.54, 1.807) is 29.2 Å². The molecule has 2 heterocycles. The van der Waals surface area contributed by atoms with E-state index in [1.165, 1.54) is 23.1 Å². The van der Waals surface area contributed by atoms with Crippen LogP contribution in [0, 0.1) is 0 Å². The number of carbonyl (C=O) groups excluding carboxylic acids is 4. The van der Waals surface area contributed by atoms with E-state index in [0.29, 0.717) is 24.1 Å². The second-order valence-electron chi connectivity index (χ2n) is 7.83. The Morgan fingerprint density at radius 2 is 1.91 bits per heavy atom. The number of para-hydroxylation sites is 1. The summed E-state index contributed by atoms with van der Waals surface area (Å²) >= 11 is 5.83. The van der Waals surface area contributed by atoms with Crippen molar-refractivity contribution in [1.29, 1.82) is 0 Å². The fraction of sp³-hybridized carbons (Fsp3) is 0.273. The molecule has 2 aromatic rings. The summed E-state index contributed by atoms with van der Waals surface area (Å²) in [5, 5.41) is 10.0. The summed E-state index contributed by atoms with van der Waals surface area (Å²) in [5.74, 6) is -1.88. The largest absolute Gasteiger partial charge is 0.507 e. The van der Waals surface area contributed by atoms with E-state index >= 15 is 0 Å². The minimum atomic E-state index is -0.862. The lowest BCUT2D eigenvalue weighted by Gasteiger charge is -2.48. The van der Waals surface area contributed by atoms with E-state index in [4.69, 9.17) is 11.6 Å². The minimum Gasteiger partial charge on any atom is -0.507 e. The van der Waals surface area contributed by atoms with Crippen LogP contribution in [0.15, 0.2) is 42.5 Å². The molecule has 3 N–H and O–H groups in total. The highest BCUT2D eigenvalue weighted by molar-refractivity contribution is 6.31. The Hall–Kier alpha value is -3.59. The van der Waals surface area contributed by atoms with Gasteiger partial charge in [-0.25, -0.2) is 0 Å². The average Bonchev–Trinajstić information content (AvgIpc) is 3.08. The van der Waals surface area contributed by atoms with Crippen molar-refractivity contribution < 1.29 is 24.3 Å². The van der Waals surface area contributed by atoms with Crippen molar-refractivity contribution in [2.24, 2.45) is 0 Å². The standard InChI is InChI=1S/C22H21ClN4O5/c1-22-10-8-19(30)27(22)16-5-3-2-4-14(16)21(32)26(22)11-9-18(29)24-25-20(31)15-12-13(23)6-7-17(15)28/h2-7,12,28H,8-11H2,1H3,(H,24,29)(H,25,31). The summed E-state index contributed by atoms with van der Waals surface area (Å²) in [6, 6.07) is 10.9. The van der Waals surface area contributed by atoms with E-state index < -0.39 is 17.5 Å². The van der Waals surface area contributed by atoms with Crippen LogP contribution in [0.1, 0.15) is 46.9 Å². The number of amides is 4.